The van der Waals surface area contributed by atoms with Gasteiger partial charge in [0.25, 0.3) is 0 Å². The third-order valence-corrected chi connectivity index (χ3v) is 6.92. The molecule has 2 N–H and O–H groups in total. The quantitative estimate of drug-likeness (QED) is 0.402. The van der Waals surface area contributed by atoms with Crippen molar-refractivity contribution in [2.75, 3.05) is 16.2 Å². The first-order valence-electron chi connectivity index (χ1n) is 11.1. The fraction of sp³-hybridized carbons (Fsp3) is 0.200. The highest BCUT2D eigenvalue weighted by Crippen LogP contribution is 2.36. The Balaban J connectivity index is 1.35. The van der Waals surface area contributed by atoms with Gasteiger partial charge in [-0.3, -0.25) is 13.3 Å². The molecule has 1 atom stereocenters. The molecule has 0 bridgehead atoms. The Morgan fingerprint density at radius 1 is 1.12 bits per heavy atom. The zero-order valence-electron chi connectivity index (χ0n) is 18.1. The lowest BCUT2D eigenvalue weighted by atomic mass is 10.0. The van der Waals surface area contributed by atoms with Gasteiger partial charge in [-0.25, -0.2) is 4.98 Å². The van der Waals surface area contributed by atoms with Crippen molar-refractivity contribution < 1.29 is 18.3 Å². The largest absolute Gasteiger partial charge is 0.755 e. The zero-order valence-corrected chi connectivity index (χ0v) is 18.9. The van der Waals surface area contributed by atoms with Crippen LogP contribution in [0.2, 0.25) is 0 Å². The van der Waals surface area contributed by atoms with E-state index >= 15 is 0 Å². The summed E-state index contributed by atoms with van der Waals surface area (Å²) in [5, 5.41) is 3.83. The molecule has 4 aromatic rings. The van der Waals surface area contributed by atoms with Crippen molar-refractivity contribution in [3.05, 3.63) is 66.4 Å². The van der Waals surface area contributed by atoms with Crippen molar-refractivity contribution in [1.29, 1.82) is 0 Å². The van der Waals surface area contributed by atoms with Gasteiger partial charge in [0.2, 0.25) is 5.91 Å². The number of amides is 1. The molecule has 172 valence electrons. The first-order chi connectivity index (χ1) is 16.6. The molecule has 2 aromatic heterocycles. The van der Waals surface area contributed by atoms with E-state index in [2.05, 4.69) is 15.3 Å². The van der Waals surface area contributed by atoms with E-state index < -0.39 is 11.3 Å². The molecule has 0 spiro atoms. The van der Waals surface area contributed by atoms with Crippen LogP contribution in [0.15, 0.2) is 60.8 Å². The molecule has 1 aliphatic carbocycles. The molecule has 1 aliphatic heterocycles. The van der Waals surface area contributed by atoms with Crippen molar-refractivity contribution in [3.63, 3.8) is 0 Å². The first kappa shape index (κ1) is 20.9. The van der Waals surface area contributed by atoms with E-state index in [-0.39, 0.29) is 11.8 Å². The van der Waals surface area contributed by atoms with E-state index in [1.165, 1.54) is 4.31 Å². The van der Waals surface area contributed by atoms with Gasteiger partial charge < -0.3 is 19.6 Å². The molecule has 0 radical (unpaired) electrons. The number of anilines is 3. The number of aromatic nitrogens is 2. The van der Waals surface area contributed by atoms with Crippen LogP contribution in [0.25, 0.3) is 22.2 Å². The number of nitrogens with one attached hydrogen (secondary N) is 2. The standard InChI is InChI=1S/C25H22N4O4S/c30-25(16-1-2-16)28-23-14-21(20-9-11-26-24(20)27-23)15-3-5-18(6-4-15)29(34(31)32)19-7-8-22-17(13-19)10-12-33-22/h3-9,11,13-14,16H,1-2,10,12H2,(H,31,32)(H2,26,27,28,30)/p-1. The second-order valence-corrected chi connectivity index (χ2v) is 9.31. The van der Waals surface area contributed by atoms with E-state index in [0.717, 1.165) is 47.1 Å². The molecule has 3 heterocycles. The molecule has 1 amide bonds. The van der Waals surface area contributed by atoms with Gasteiger partial charge in [-0.1, -0.05) is 12.1 Å². The number of ether oxygens (including phenoxy) is 1. The van der Waals surface area contributed by atoms with Crippen LogP contribution >= 0.6 is 0 Å². The van der Waals surface area contributed by atoms with Crippen LogP contribution in [0, 0.1) is 5.92 Å². The topological polar surface area (TPSA) is 110 Å². The average molecular weight is 474 g/mol. The SMILES string of the molecule is O=C(Nc1cc(-c2ccc(N(c3ccc4c(c3)CCO4)S(=O)[O-])cc2)c2cc[nH]c2n1)C1CC1. The van der Waals surface area contributed by atoms with Crippen LogP contribution in [0.1, 0.15) is 18.4 Å². The van der Waals surface area contributed by atoms with E-state index in [1.807, 2.05) is 42.6 Å². The van der Waals surface area contributed by atoms with Gasteiger partial charge in [0, 0.05) is 23.9 Å². The van der Waals surface area contributed by atoms with Crippen molar-refractivity contribution >= 4 is 45.4 Å². The summed E-state index contributed by atoms with van der Waals surface area (Å²) in [6.45, 7) is 0.608. The van der Waals surface area contributed by atoms with Gasteiger partial charge >= 0.3 is 0 Å². The second-order valence-electron chi connectivity index (χ2n) is 8.51. The number of H-pyrrole nitrogens is 1. The molecule has 6 rings (SSSR count). The van der Waals surface area contributed by atoms with E-state index in [9.17, 15) is 13.6 Å². The average Bonchev–Trinajstić information content (AvgIpc) is 3.40. The van der Waals surface area contributed by atoms with Crippen molar-refractivity contribution in [1.82, 2.24) is 9.97 Å². The maximum absolute atomic E-state index is 12.3. The van der Waals surface area contributed by atoms with Crippen LogP contribution in [-0.2, 0) is 22.5 Å². The van der Waals surface area contributed by atoms with Crippen LogP contribution in [-0.4, -0.2) is 31.2 Å². The number of fused-ring (bicyclic) bond motifs is 2. The lowest BCUT2D eigenvalue weighted by Gasteiger charge is -2.27. The molecule has 9 heteroatoms. The van der Waals surface area contributed by atoms with E-state index in [1.54, 1.807) is 18.2 Å². The predicted octanol–water partition coefficient (Wildman–Crippen LogP) is 4.45. The molecule has 1 saturated carbocycles. The lowest BCUT2D eigenvalue weighted by molar-refractivity contribution is -0.117. The fourth-order valence-corrected chi connectivity index (χ4v) is 4.89. The highest BCUT2D eigenvalue weighted by molar-refractivity contribution is 7.81. The Labute approximate surface area is 198 Å². The number of carbonyl (C=O) groups is 1. The molecule has 1 fully saturated rings. The maximum Gasteiger partial charge on any atom is 0.228 e. The number of aromatic amines is 1. The summed E-state index contributed by atoms with van der Waals surface area (Å²) in [6, 6.07) is 16.5. The fourth-order valence-electron chi connectivity index (χ4n) is 4.31. The first-order valence-corrected chi connectivity index (χ1v) is 12.1. The molecule has 2 aliphatic rings. The Morgan fingerprint density at radius 2 is 1.91 bits per heavy atom. The Kier molecular flexibility index (Phi) is 5.08. The number of hydrogen-bond donors (Lipinski definition) is 2. The molecule has 1 unspecified atom stereocenters. The van der Waals surface area contributed by atoms with Gasteiger partial charge in [0.15, 0.2) is 0 Å². The zero-order chi connectivity index (χ0) is 23.2. The van der Waals surface area contributed by atoms with Crippen LogP contribution in [0.5, 0.6) is 5.75 Å². The third kappa shape index (κ3) is 3.82. The van der Waals surface area contributed by atoms with Crippen LogP contribution in [0.4, 0.5) is 17.2 Å². The number of benzene rings is 2. The number of carbonyl (C=O) groups excluding carboxylic acids is 1. The Morgan fingerprint density at radius 3 is 2.68 bits per heavy atom. The van der Waals surface area contributed by atoms with Gasteiger partial charge in [0.1, 0.15) is 17.2 Å². The molecular formula is C25H21N4O4S-. The molecule has 34 heavy (non-hydrogen) atoms. The lowest BCUT2D eigenvalue weighted by Crippen LogP contribution is -2.19. The summed E-state index contributed by atoms with van der Waals surface area (Å²) in [4.78, 5) is 19.9. The summed E-state index contributed by atoms with van der Waals surface area (Å²) in [7, 11) is 0. The Hall–Kier alpha value is -3.69. The van der Waals surface area contributed by atoms with Crippen molar-refractivity contribution in [2.24, 2.45) is 5.92 Å². The van der Waals surface area contributed by atoms with Gasteiger partial charge in [-0.2, -0.15) is 0 Å². The smallest absolute Gasteiger partial charge is 0.228 e. The van der Waals surface area contributed by atoms with E-state index in [0.29, 0.717) is 29.4 Å². The van der Waals surface area contributed by atoms with Gasteiger partial charge in [-0.15, -0.1) is 0 Å². The summed E-state index contributed by atoms with van der Waals surface area (Å²) in [5.74, 6) is 1.36. The summed E-state index contributed by atoms with van der Waals surface area (Å²) < 4.78 is 31.1. The second kappa shape index (κ2) is 8.27. The number of pyridine rings is 1. The molecular weight excluding hydrogens is 452 g/mol. The predicted molar refractivity (Wildman–Crippen MR) is 130 cm³/mol. The minimum atomic E-state index is -2.50. The third-order valence-electron chi connectivity index (χ3n) is 6.20. The van der Waals surface area contributed by atoms with E-state index in [4.69, 9.17) is 4.74 Å². The van der Waals surface area contributed by atoms with Gasteiger partial charge in [-0.05, 0) is 72.0 Å². The summed E-state index contributed by atoms with van der Waals surface area (Å²) in [6.07, 6.45) is 4.40. The normalized spacial score (nSPS) is 15.6. The maximum atomic E-state index is 12.3. The minimum Gasteiger partial charge on any atom is -0.755 e. The molecule has 2 aromatic carbocycles. The Bertz CT molecular complexity index is 1430. The van der Waals surface area contributed by atoms with Crippen molar-refractivity contribution in [3.8, 4) is 16.9 Å². The van der Waals surface area contributed by atoms with Crippen molar-refractivity contribution in [2.45, 2.75) is 19.3 Å². The van der Waals surface area contributed by atoms with Gasteiger partial charge in [0.05, 0.1) is 29.2 Å². The van der Waals surface area contributed by atoms with Crippen LogP contribution < -0.4 is 14.4 Å². The number of hydrogen-bond acceptors (Lipinski definition) is 5. The molecule has 8 nitrogen and oxygen atoms in total. The highest BCUT2D eigenvalue weighted by atomic mass is 32.2. The minimum absolute atomic E-state index is 0.00647. The van der Waals surface area contributed by atoms with Crippen LogP contribution in [0.3, 0.4) is 0 Å². The number of rotatable bonds is 6. The summed E-state index contributed by atoms with van der Waals surface area (Å²) >= 11 is -2.50. The highest BCUT2D eigenvalue weighted by Gasteiger charge is 2.30. The summed E-state index contributed by atoms with van der Waals surface area (Å²) in [5.41, 5.74) is 4.54. The molecule has 0 saturated heterocycles. The monoisotopic (exact) mass is 473 g/mol. The number of nitrogens with zero attached hydrogens (tertiary/aromatic N) is 2.